The summed E-state index contributed by atoms with van der Waals surface area (Å²) in [5, 5.41) is 9.64. The summed E-state index contributed by atoms with van der Waals surface area (Å²) < 4.78 is 5.57. The number of aldehydes is 1. The quantitative estimate of drug-likeness (QED) is 0.326. The van der Waals surface area contributed by atoms with Gasteiger partial charge in [0.05, 0.1) is 12.2 Å². The average Bonchev–Trinajstić information content (AvgIpc) is 2.53. The summed E-state index contributed by atoms with van der Waals surface area (Å²) in [4.78, 5) is 24.9. The monoisotopic (exact) mass is 544 g/mol. The number of nitrogens with zero attached hydrogens (tertiary/aromatic N) is 1. The van der Waals surface area contributed by atoms with Gasteiger partial charge in [0.15, 0.2) is 6.29 Å². The van der Waals surface area contributed by atoms with Gasteiger partial charge in [0.1, 0.15) is 17.4 Å². The number of carbonyl (C=O) groups excluding carboxylic acids is 2. The van der Waals surface area contributed by atoms with E-state index in [0.29, 0.717) is 23.9 Å². The fourth-order valence-corrected chi connectivity index (χ4v) is 1.85. The number of rotatable bonds is 7. The molecule has 0 saturated carbocycles. The van der Waals surface area contributed by atoms with Crippen molar-refractivity contribution < 1.29 is 63.5 Å². The van der Waals surface area contributed by atoms with E-state index in [4.69, 9.17) is 4.74 Å². The molecule has 0 saturated heterocycles. The van der Waals surface area contributed by atoms with Gasteiger partial charge >= 0.3 is 0 Å². The fourth-order valence-electron chi connectivity index (χ4n) is 1.85. The van der Waals surface area contributed by atoms with Crippen LogP contribution in [0.5, 0.6) is 11.5 Å². The molecule has 0 atom stereocenters. The smallest absolute Gasteiger partial charge is 0.157 e. The predicted octanol–water partition coefficient (Wildman–Crippen LogP) is 2.81. The number of ether oxygens (including phenoxy) is 1. The molecule has 0 aliphatic rings. The van der Waals surface area contributed by atoms with Crippen LogP contribution in [0.15, 0.2) is 29.3 Å². The van der Waals surface area contributed by atoms with E-state index in [9.17, 15) is 14.7 Å². The van der Waals surface area contributed by atoms with Gasteiger partial charge in [-0.25, -0.2) is 6.42 Å². The minimum absolute atomic E-state index is 0. The Hall–Kier alpha value is -0.988. The third-order valence-electron chi connectivity index (χ3n) is 3.64. The van der Waals surface area contributed by atoms with E-state index in [2.05, 4.69) is 13.8 Å². The van der Waals surface area contributed by atoms with Crippen molar-refractivity contribution in [1.29, 1.82) is 0 Å². The van der Waals surface area contributed by atoms with Crippen molar-refractivity contribution in [2.45, 2.75) is 26.3 Å². The van der Waals surface area contributed by atoms with Crippen LogP contribution in [0.4, 0.5) is 0 Å². The number of amides is 1. The molecule has 0 heterocycles. The summed E-state index contributed by atoms with van der Waals surface area (Å²) >= 11 is 0. The maximum atomic E-state index is 12.3. The van der Waals surface area contributed by atoms with Gasteiger partial charge in [0, 0.05) is 50.1 Å². The van der Waals surface area contributed by atoms with Crippen molar-refractivity contribution in [2.24, 2.45) is 0 Å². The van der Waals surface area contributed by atoms with E-state index in [1.165, 1.54) is 6.07 Å². The Morgan fingerprint density at radius 3 is 2.54 bits per heavy atom. The van der Waals surface area contributed by atoms with E-state index in [-0.39, 0.29) is 79.7 Å². The van der Waals surface area contributed by atoms with Gasteiger partial charge in [0.25, 0.3) is 0 Å². The molecule has 0 aliphatic heterocycles. The van der Waals surface area contributed by atoms with E-state index >= 15 is 0 Å². The maximum Gasteiger partial charge on any atom is 0.157 e. The molecule has 0 unspecified atom stereocenters. The Balaban J connectivity index is 0.00000529. The Labute approximate surface area is 179 Å². The first-order valence-corrected chi connectivity index (χ1v) is 7.33. The van der Waals surface area contributed by atoms with E-state index in [1.807, 2.05) is 13.8 Å². The van der Waals surface area contributed by atoms with Crippen molar-refractivity contribution in [3.05, 3.63) is 48.8 Å². The van der Waals surface area contributed by atoms with Crippen molar-refractivity contribution in [3.63, 3.8) is 0 Å². The molecule has 1 rings (SSSR count). The van der Waals surface area contributed by atoms with Crippen LogP contribution >= 0.6 is 0 Å². The molecule has 1 N–H and O–H groups in total. The normalized spacial score (nSPS) is 11.4. The molecule has 0 aliphatic carbocycles. The topological polar surface area (TPSA) is 66.8 Å². The van der Waals surface area contributed by atoms with Crippen LogP contribution in [0.1, 0.15) is 30.6 Å². The first-order valence-electron chi connectivity index (χ1n) is 7.33. The third kappa shape index (κ3) is 5.82. The van der Waals surface area contributed by atoms with Crippen molar-refractivity contribution in [2.75, 3.05) is 13.7 Å². The number of aromatic hydroxyl groups is 1. The third-order valence-corrected chi connectivity index (χ3v) is 3.64. The van der Waals surface area contributed by atoms with Crippen LogP contribution in [0.3, 0.4) is 0 Å². The molecule has 1 amide bonds. The molecule has 5 nitrogen and oxygen atoms in total. The van der Waals surface area contributed by atoms with Crippen molar-refractivity contribution in [1.82, 2.24) is 4.90 Å². The molecule has 0 aromatic heterocycles. The van der Waals surface area contributed by atoms with Crippen LogP contribution in [0.25, 0.3) is 0 Å². The number of hydrogen-bond donors (Lipinski definition) is 1. The van der Waals surface area contributed by atoms with Gasteiger partial charge in [-0.05, 0) is 33.0 Å². The maximum absolute atomic E-state index is 12.3. The summed E-state index contributed by atoms with van der Waals surface area (Å²) in [6.07, 6.45) is 0.882. The summed E-state index contributed by atoms with van der Waals surface area (Å²) in [6.45, 7) is 11.5. The minimum atomic E-state index is -0.186. The average molecular weight is 544 g/mol. The molecular weight excluding hydrogens is 521 g/mol. The number of benzene rings is 1. The summed E-state index contributed by atoms with van der Waals surface area (Å²) in [7, 11) is 1.71. The van der Waals surface area contributed by atoms with Crippen molar-refractivity contribution in [3.8, 4) is 11.5 Å². The first kappa shape index (κ1) is 23.0. The molecule has 24 heavy (non-hydrogen) atoms. The number of phenols is 1. The van der Waals surface area contributed by atoms with E-state index < -0.39 is 0 Å². The zero-order chi connectivity index (χ0) is 17.6. The SMILES string of the molecule is [Ac].[CH2-]CC(COc1cccc(O)c1C=O)=C([CH2-])C(=O)N(C)C(C)C. The van der Waals surface area contributed by atoms with E-state index in [1.54, 1.807) is 24.1 Å². The minimum Gasteiger partial charge on any atom is -0.507 e. The number of hydrogen-bond acceptors (Lipinski definition) is 4. The Morgan fingerprint density at radius 1 is 1.42 bits per heavy atom. The Bertz CT molecular complexity index is 611. The number of likely N-dealkylation sites (N-methyl/N-ethyl adjacent to an activating group) is 1. The molecule has 1 aromatic rings. The molecule has 129 valence electrons. The van der Waals surface area contributed by atoms with Gasteiger partial charge in [-0.2, -0.15) is 12.5 Å². The van der Waals surface area contributed by atoms with Gasteiger partial charge in [-0.1, -0.05) is 6.07 Å². The summed E-state index contributed by atoms with van der Waals surface area (Å²) in [6, 6.07) is 4.62. The fraction of sp³-hybridized carbons (Fsp3) is 0.333. The van der Waals surface area contributed by atoms with Crippen LogP contribution < -0.4 is 4.74 Å². The zero-order valence-electron chi connectivity index (χ0n) is 14.4. The van der Waals surface area contributed by atoms with Crippen LogP contribution in [-0.4, -0.2) is 41.9 Å². The number of carbonyl (C=O) groups is 2. The summed E-state index contributed by atoms with van der Waals surface area (Å²) in [5.74, 6) is -0.0831. The zero-order valence-corrected chi connectivity index (χ0v) is 19.2. The van der Waals surface area contributed by atoms with Gasteiger partial charge in [-0.3, -0.25) is 4.79 Å². The van der Waals surface area contributed by atoms with Crippen LogP contribution in [0.2, 0.25) is 0 Å². The Morgan fingerprint density at radius 2 is 2.04 bits per heavy atom. The molecule has 0 bridgehead atoms. The standard InChI is InChI=1S/C18H23NO4.Ac/c1-6-14(13(4)18(22)19(5)12(2)3)11-23-17-9-7-8-16(21)15(17)10-20;/h7-10,12,21H,1,4,6,11H2,2-3,5H3;/q-2;. The van der Waals surface area contributed by atoms with Gasteiger partial charge < -0.3 is 26.5 Å². The van der Waals surface area contributed by atoms with Crippen molar-refractivity contribution >= 4 is 12.2 Å². The first-order chi connectivity index (χ1) is 10.8. The molecule has 1 aromatic carbocycles. The summed E-state index contributed by atoms with van der Waals surface area (Å²) in [5.41, 5.74) is 1.05. The van der Waals surface area contributed by atoms with Gasteiger partial charge in [-0.15, -0.1) is 5.57 Å². The van der Waals surface area contributed by atoms with Crippen LogP contribution in [0, 0.1) is 57.9 Å². The second-order valence-electron chi connectivity index (χ2n) is 5.44. The number of phenolic OH excluding ortho intramolecular Hbond substituents is 1. The second kappa shape index (κ2) is 10.8. The second-order valence-corrected chi connectivity index (χ2v) is 5.44. The molecular formula is C18H23AcNO4-2. The van der Waals surface area contributed by atoms with Gasteiger partial charge in [0.2, 0.25) is 0 Å². The largest absolute Gasteiger partial charge is 0.507 e. The molecule has 1 radical (unpaired) electrons. The predicted molar refractivity (Wildman–Crippen MR) is 89.3 cm³/mol. The molecule has 6 heteroatoms. The van der Waals surface area contributed by atoms with E-state index in [0.717, 1.165) is 0 Å². The Kier molecular flexibility index (Phi) is 10.3. The van der Waals surface area contributed by atoms with Crippen LogP contribution in [-0.2, 0) is 4.79 Å². The molecule has 0 fully saturated rings. The molecule has 0 spiro atoms.